The van der Waals surface area contributed by atoms with E-state index in [-0.39, 0.29) is 5.56 Å². The Bertz CT molecular complexity index is 623. The van der Waals surface area contributed by atoms with E-state index in [2.05, 4.69) is 25.3 Å². The van der Waals surface area contributed by atoms with E-state index >= 15 is 0 Å². The lowest BCUT2D eigenvalue weighted by Crippen LogP contribution is -2.28. The topological polar surface area (TPSA) is 78.3 Å². The highest BCUT2D eigenvalue weighted by molar-refractivity contribution is 5.27. The summed E-state index contributed by atoms with van der Waals surface area (Å²) in [6.45, 7) is 6.64. The first-order valence-corrected chi connectivity index (χ1v) is 6.61. The molecule has 0 saturated carbocycles. The molecule has 7 heteroatoms. The Morgan fingerprint density at radius 2 is 2.21 bits per heavy atom. The van der Waals surface area contributed by atoms with Crippen LogP contribution >= 0.6 is 0 Å². The average molecular weight is 262 g/mol. The van der Waals surface area contributed by atoms with Crippen molar-refractivity contribution in [2.24, 2.45) is 0 Å². The zero-order chi connectivity index (χ0) is 13.2. The second-order valence-corrected chi connectivity index (χ2v) is 4.92. The smallest absolute Gasteiger partial charge is 0.274 e. The molecule has 1 saturated heterocycles. The summed E-state index contributed by atoms with van der Waals surface area (Å²) in [5.74, 6) is 1.24. The van der Waals surface area contributed by atoms with Gasteiger partial charge < -0.3 is 5.32 Å². The van der Waals surface area contributed by atoms with Crippen LogP contribution in [0.3, 0.4) is 0 Å². The van der Waals surface area contributed by atoms with Gasteiger partial charge in [0.15, 0.2) is 0 Å². The average Bonchev–Trinajstić information content (AvgIpc) is 2.58. The lowest BCUT2D eigenvalue weighted by Gasteiger charge is -2.17. The summed E-state index contributed by atoms with van der Waals surface area (Å²) >= 11 is 0. The molecule has 0 atom stereocenters. The highest BCUT2D eigenvalue weighted by Crippen LogP contribution is 2.03. The maximum Gasteiger partial charge on any atom is 0.274 e. The van der Waals surface area contributed by atoms with Crippen LogP contribution in [0.5, 0.6) is 0 Å². The van der Waals surface area contributed by atoms with E-state index in [1.807, 2.05) is 0 Å². The lowest BCUT2D eigenvalue weighted by molar-refractivity contribution is 0.277. The first-order chi connectivity index (χ1) is 9.22. The van der Waals surface area contributed by atoms with Gasteiger partial charge in [-0.1, -0.05) is 0 Å². The van der Waals surface area contributed by atoms with Crippen LogP contribution in [0.2, 0.25) is 0 Å². The Kier molecular flexibility index (Phi) is 3.31. The third-order valence-corrected chi connectivity index (χ3v) is 3.31. The van der Waals surface area contributed by atoms with E-state index in [1.165, 1.54) is 10.6 Å². The number of rotatable bonds is 2. The van der Waals surface area contributed by atoms with Crippen molar-refractivity contribution in [1.29, 1.82) is 0 Å². The van der Waals surface area contributed by atoms with E-state index in [4.69, 9.17) is 0 Å². The monoisotopic (exact) mass is 262 g/mol. The standard InChI is InChI=1S/C12H18N6O/c1-9-7-11(19)18-12(14-9)15-10(16-18)8-17-5-2-3-13-4-6-17/h7,13H,2-6,8H2,1H3,(H,14,15,16). The maximum absolute atomic E-state index is 11.8. The molecule has 1 aliphatic heterocycles. The molecule has 1 fully saturated rings. The van der Waals surface area contributed by atoms with E-state index in [9.17, 15) is 4.79 Å². The molecular formula is C12H18N6O. The zero-order valence-corrected chi connectivity index (χ0v) is 11.0. The van der Waals surface area contributed by atoms with Crippen LogP contribution in [-0.2, 0) is 6.54 Å². The molecule has 3 heterocycles. The van der Waals surface area contributed by atoms with E-state index < -0.39 is 0 Å². The quantitative estimate of drug-likeness (QED) is 0.764. The molecule has 0 spiro atoms. The van der Waals surface area contributed by atoms with Crippen LogP contribution in [0.1, 0.15) is 17.9 Å². The Labute approximate surface area is 110 Å². The van der Waals surface area contributed by atoms with Crippen LogP contribution in [0.25, 0.3) is 5.78 Å². The number of H-pyrrole nitrogens is 1. The Morgan fingerprint density at radius 3 is 3.11 bits per heavy atom. The Hall–Kier alpha value is -1.73. The zero-order valence-electron chi connectivity index (χ0n) is 11.0. The van der Waals surface area contributed by atoms with Crippen LogP contribution in [0.4, 0.5) is 0 Å². The molecular weight excluding hydrogens is 244 g/mol. The maximum atomic E-state index is 11.8. The summed E-state index contributed by atoms with van der Waals surface area (Å²) in [5.41, 5.74) is 0.584. The van der Waals surface area contributed by atoms with Crippen molar-refractivity contribution in [2.45, 2.75) is 19.9 Å². The number of nitrogens with zero attached hydrogens (tertiary/aromatic N) is 4. The fraction of sp³-hybridized carbons (Fsp3) is 0.583. The van der Waals surface area contributed by atoms with Crippen molar-refractivity contribution in [1.82, 2.24) is 29.8 Å². The Balaban J connectivity index is 1.85. The number of aromatic nitrogens is 4. The fourth-order valence-corrected chi connectivity index (χ4v) is 2.38. The van der Waals surface area contributed by atoms with Crippen molar-refractivity contribution >= 4 is 5.78 Å². The first kappa shape index (κ1) is 12.3. The van der Waals surface area contributed by atoms with Crippen LogP contribution in [0.15, 0.2) is 10.9 Å². The molecule has 2 aromatic heterocycles. The Morgan fingerprint density at radius 1 is 1.32 bits per heavy atom. The van der Waals surface area contributed by atoms with Gasteiger partial charge in [0.05, 0.1) is 6.54 Å². The molecule has 0 bridgehead atoms. The van der Waals surface area contributed by atoms with Gasteiger partial charge >= 0.3 is 0 Å². The van der Waals surface area contributed by atoms with Gasteiger partial charge in [-0.05, 0) is 26.4 Å². The van der Waals surface area contributed by atoms with Gasteiger partial charge in [-0.25, -0.2) is 4.98 Å². The molecule has 0 unspecified atom stereocenters. The third-order valence-electron chi connectivity index (χ3n) is 3.31. The molecule has 0 aliphatic carbocycles. The molecule has 102 valence electrons. The molecule has 7 nitrogen and oxygen atoms in total. The van der Waals surface area contributed by atoms with Gasteiger partial charge in [0.1, 0.15) is 5.82 Å². The van der Waals surface area contributed by atoms with Gasteiger partial charge in [0, 0.05) is 24.8 Å². The van der Waals surface area contributed by atoms with Gasteiger partial charge in [-0.3, -0.25) is 14.8 Å². The molecule has 3 rings (SSSR count). The van der Waals surface area contributed by atoms with Gasteiger partial charge in [-0.15, -0.1) is 0 Å². The predicted octanol–water partition coefficient (Wildman–Crippen LogP) is -0.479. The minimum absolute atomic E-state index is 0.112. The highest BCUT2D eigenvalue weighted by atomic mass is 16.1. The van der Waals surface area contributed by atoms with Gasteiger partial charge in [0.2, 0.25) is 0 Å². The van der Waals surface area contributed by atoms with Crippen molar-refractivity contribution in [3.63, 3.8) is 0 Å². The number of hydrogen-bond acceptors (Lipinski definition) is 5. The van der Waals surface area contributed by atoms with Gasteiger partial charge in [-0.2, -0.15) is 9.50 Å². The molecule has 2 aromatic rings. The number of aromatic amines is 1. The predicted molar refractivity (Wildman–Crippen MR) is 71.1 cm³/mol. The fourth-order valence-electron chi connectivity index (χ4n) is 2.38. The second kappa shape index (κ2) is 5.10. The summed E-state index contributed by atoms with van der Waals surface area (Å²) in [6.07, 6.45) is 1.14. The molecule has 0 amide bonds. The molecule has 1 aliphatic rings. The highest BCUT2D eigenvalue weighted by Gasteiger charge is 2.12. The van der Waals surface area contributed by atoms with Crippen molar-refractivity contribution in [2.75, 3.05) is 26.2 Å². The normalized spacial score (nSPS) is 17.7. The molecule has 19 heavy (non-hydrogen) atoms. The molecule has 0 aromatic carbocycles. The van der Waals surface area contributed by atoms with Crippen LogP contribution in [0, 0.1) is 6.92 Å². The second-order valence-electron chi connectivity index (χ2n) is 4.92. The van der Waals surface area contributed by atoms with Crippen molar-refractivity contribution in [3.8, 4) is 0 Å². The summed E-state index contributed by atoms with van der Waals surface area (Å²) in [6, 6.07) is 1.50. The first-order valence-electron chi connectivity index (χ1n) is 6.61. The number of nitrogens with one attached hydrogen (secondary N) is 2. The largest absolute Gasteiger partial charge is 0.315 e. The van der Waals surface area contributed by atoms with Crippen molar-refractivity contribution in [3.05, 3.63) is 27.9 Å². The molecule has 0 radical (unpaired) electrons. The minimum Gasteiger partial charge on any atom is -0.315 e. The summed E-state index contributed by atoms with van der Waals surface area (Å²) < 4.78 is 1.40. The van der Waals surface area contributed by atoms with Crippen molar-refractivity contribution < 1.29 is 0 Å². The van der Waals surface area contributed by atoms with E-state index in [0.717, 1.165) is 45.0 Å². The molecule has 2 N–H and O–H groups in total. The van der Waals surface area contributed by atoms with Crippen LogP contribution < -0.4 is 10.9 Å². The number of aryl methyl sites for hydroxylation is 1. The van der Waals surface area contributed by atoms with Gasteiger partial charge in [0.25, 0.3) is 11.3 Å². The van der Waals surface area contributed by atoms with Crippen LogP contribution in [-0.4, -0.2) is 50.7 Å². The van der Waals surface area contributed by atoms with E-state index in [0.29, 0.717) is 11.5 Å². The third kappa shape index (κ3) is 2.66. The summed E-state index contributed by atoms with van der Waals surface area (Å²) in [4.78, 5) is 22.8. The van der Waals surface area contributed by atoms with E-state index in [1.54, 1.807) is 6.92 Å². The lowest BCUT2D eigenvalue weighted by atomic mass is 10.4. The number of hydrogen-bond donors (Lipinski definition) is 2. The summed E-state index contributed by atoms with van der Waals surface area (Å²) in [7, 11) is 0. The SMILES string of the molecule is Cc1cc(=O)n2[nH]c(CN3CCCNCC3)nc2n1. The number of fused-ring (bicyclic) bond motifs is 1. The summed E-state index contributed by atoms with van der Waals surface area (Å²) in [5, 5.41) is 6.39. The minimum atomic E-state index is -0.112.